The molecule has 8 aromatic carbocycles. The molecule has 44 nitrogen and oxygen atoms in total. The van der Waals surface area contributed by atoms with Gasteiger partial charge in [0.25, 0.3) is 31.6 Å². The molecule has 8 rings (SSSR count). The summed E-state index contributed by atoms with van der Waals surface area (Å²) in [6.07, 6.45) is 0. The molecule has 0 aromatic heterocycles. The number of carboxylic acids is 2. The van der Waals surface area contributed by atoms with Gasteiger partial charge in [-0.3, -0.25) is 29.3 Å². The van der Waals surface area contributed by atoms with Gasteiger partial charge < -0.3 is 80.1 Å². The first-order valence-electron chi connectivity index (χ1n) is 23.7. The molecule has 0 fully saturated rings. The van der Waals surface area contributed by atoms with Crippen LogP contribution in [0.15, 0.2) is 155 Å². The van der Waals surface area contributed by atoms with E-state index in [1.54, 1.807) is 0 Å². The maximum absolute atomic E-state index is 13.4. The average molecular weight is 1710 g/mol. The number of non-ortho nitro benzene ring substituents is 2. The molecule has 0 atom stereocenters. The Balaban J connectivity index is -0.000000897. The first kappa shape index (κ1) is 110. The molecule has 0 unspecified atom stereocenters. The number of carboxylic acid groups (broad SMARTS) is 2. The van der Waals surface area contributed by atoms with E-state index in [1.165, 1.54) is 0 Å². The molecular formula is C46H20FeN12Na9O32S6. The van der Waals surface area contributed by atoms with E-state index in [0.717, 1.165) is 24.3 Å². The van der Waals surface area contributed by atoms with Gasteiger partial charge in [-0.1, -0.05) is 46.6 Å². The van der Waals surface area contributed by atoms with Crippen molar-refractivity contribution in [2.45, 2.75) is 29.4 Å². The number of anilines is 2. The quantitative estimate of drug-likeness (QED) is 0.0155. The van der Waals surface area contributed by atoms with E-state index >= 15 is 0 Å². The average Bonchev–Trinajstić information content (AvgIpc) is 0.754. The van der Waals surface area contributed by atoms with Gasteiger partial charge in [0, 0.05) is 35.0 Å². The Kier molecular flexibility index (Phi) is 44.5. The molecule has 0 aliphatic heterocycles. The van der Waals surface area contributed by atoms with Crippen LogP contribution < -0.4 is 318 Å². The number of nitro benzene ring substituents is 2. The fourth-order valence-corrected chi connectivity index (χ4v) is 11.3. The number of azo groups is 4. The Labute approximate surface area is 802 Å². The van der Waals surface area contributed by atoms with E-state index in [2.05, 4.69) is 40.9 Å². The van der Waals surface area contributed by atoms with Crippen LogP contribution in [0.1, 0.15) is 20.7 Å². The second-order valence-corrected chi connectivity index (χ2v) is 26.4. The van der Waals surface area contributed by atoms with Gasteiger partial charge in [0.15, 0.2) is 0 Å². The predicted octanol–water partition coefficient (Wildman–Crippen LogP) is -27.4. The molecule has 0 saturated carbocycles. The molecule has 0 bridgehead atoms. The van der Waals surface area contributed by atoms with Crippen molar-refractivity contribution in [2.24, 2.45) is 40.9 Å². The third-order valence-corrected chi connectivity index (χ3v) is 17.2. The molecule has 106 heavy (non-hydrogen) atoms. The Bertz CT molecular complexity index is 5360. The summed E-state index contributed by atoms with van der Waals surface area (Å²) in [6.45, 7) is 0. The minimum absolute atomic E-state index is 0. The first-order valence-corrected chi connectivity index (χ1v) is 32.2. The van der Waals surface area contributed by atoms with E-state index in [1.807, 2.05) is 0 Å². The summed E-state index contributed by atoms with van der Waals surface area (Å²) in [5.41, 5.74) is -2.42. The number of nitrogen functional groups attached to an aromatic ring is 2. The second kappa shape index (κ2) is 42.8. The summed E-state index contributed by atoms with van der Waals surface area (Å²) >= 11 is 0. The Morgan fingerprint density at radius 3 is 0.925 bits per heavy atom. The van der Waals surface area contributed by atoms with Gasteiger partial charge >= 0.3 is 283 Å². The summed E-state index contributed by atoms with van der Waals surface area (Å²) < 4.78 is 206. The molecule has 60 heteroatoms. The van der Waals surface area contributed by atoms with Crippen molar-refractivity contribution < 1.29 is 421 Å². The van der Waals surface area contributed by atoms with E-state index in [-0.39, 0.29) is 307 Å². The molecule has 0 amide bonds. The van der Waals surface area contributed by atoms with Crippen LogP contribution in [0.3, 0.4) is 0 Å². The van der Waals surface area contributed by atoms with Crippen molar-refractivity contribution in [3.63, 3.8) is 0 Å². The van der Waals surface area contributed by atoms with Crippen LogP contribution in [-0.4, -0.2) is 99.6 Å². The SMILES string of the molecule is Nc1ccc2c([O-])c(N=Nc3cc([N+](=O)[O-])cc(S(=O)(=O)O)c3[O-])c(S(=O)(=O)O)cc2c1N=Nc1cc(S(=O)(=O)[O-])cc(C(=O)[O-])c1[O-].Nc1ccc2c([O-])c(N=Nc3cc([N+](=O)[O-])cc(S(=O)(=O)[O-])c3[O-])c(S(=O)(=O)[O-])cc2c1N=Nc1cc(S(=O)(=O)[O-])cc(C(=O)[O-])c1[O-].[Fe+3].[Na+].[Na+].[Na+].[Na+].[Na+].[Na+].[Na+].[Na+].[Na+]. The van der Waals surface area contributed by atoms with Crippen molar-refractivity contribution >= 4 is 162 Å². The molecule has 0 heterocycles. The number of carbonyl (C=O) groups is 2. The minimum Gasteiger partial charge on any atom is -0.871 e. The van der Waals surface area contributed by atoms with Gasteiger partial charge in [-0.2, -0.15) is 37.3 Å². The number of nitrogens with zero attached hydrogens (tertiary/aromatic N) is 10. The number of carbonyl (C=O) groups excluding carboxylic acids is 2. The molecular weight excluding hydrogens is 1690 g/mol. The van der Waals surface area contributed by atoms with Crippen LogP contribution in [0.25, 0.3) is 21.5 Å². The zero-order valence-electron chi connectivity index (χ0n) is 54.7. The smallest absolute Gasteiger partial charge is 0.871 e. The molecule has 0 saturated heterocycles. The second-order valence-electron chi connectivity index (χ2n) is 18.2. The van der Waals surface area contributed by atoms with Gasteiger partial charge in [0.2, 0.25) is 0 Å². The molecule has 0 aliphatic carbocycles. The number of rotatable bonds is 18. The van der Waals surface area contributed by atoms with E-state index in [9.17, 15) is 148 Å². The van der Waals surface area contributed by atoms with Crippen molar-refractivity contribution in [2.75, 3.05) is 11.5 Å². The van der Waals surface area contributed by atoms with Crippen molar-refractivity contribution in [3.8, 4) is 34.5 Å². The van der Waals surface area contributed by atoms with E-state index in [0.29, 0.717) is 36.4 Å². The van der Waals surface area contributed by atoms with Gasteiger partial charge in [-0.25, -0.2) is 33.7 Å². The normalized spacial score (nSPS) is 11.5. The fourth-order valence-electron chi connectivity index (χ4n) is 7.83. The van der Waals surface area contributed by atoms with E-state index < -0.39 is 247 Å². The van der Waals surface area contributed by atoms with Crippen LogP contribution in [-0.2, 0) is 77.8 Å². The van der Waals surface area contributed by atoms with Crippen LogP contribution >= 0.6 is 0 Å². The largest absolute Gasteiger partial charge is 3.00 e. The van der Waals surface area contributed by atoms with E-state index in [4.69, 9.17) is 11.5 Å². The minimum atomic E-state index is -5.73. The number of nitro groups is 2. The summed E-state index contributed by atoms with van der Waals surface area (Å²) in [5, 5.41) is 146. The number of hydrogen-bond donors (Lipinski definition) is 4. The van der Waals surface area contributed by atoms with Crippen LogP contribution in [0.4, 0.5) is 68.2 Å². The molecule has 8 aromatic rings. The maximum atomic E-state index is 13.4. The number of benzene rings is 8. The standard InChI is InChI=1S/2C23H16N6O16S3.Fe.9Na/c2*24-13-2-1-10-11(18(13)27-26-15-6-9(46(37,38)39)5-12(20(15)30)23(33)34)7-16(47(40,41)42)19(21(10)31)28-25-14-3-8(29(35)36)4-17(22(14)32)48(43,44)45;;;;;;;;;;/h2*1-7,30-32H,24H2,(H,33,34)(H,37,38,39)(H,40,41,42)(H,43,44,45);;;;;;;;;;/q;;+3;9*+1/p-12. The third kappa shape index (κ3) is 25.9. The topological polar surface area (TPSA) is 793 Å². The summed E-state index contributed by atoms with van der Waals surface area (Å²) in [7, 11) is -32.9. The first-order chi connectivity index (χ1) is 44.0. The van der Waals surface area contributed by atoms with Crippen molar-refractivity contribution in [3.05, 3.63) is 116 Å². The number of hydrogen-bond acceptors (Lipinski definition) is 40. The Morgan fingerprint density at radius 1 is 0.349 bits per heavy atom. The van der Waals surface area contributed by atoms with Gasteiger partial charge in [0.05, 0.1) is 91.8 Å². The zero-order valence-corrected chi connectivity index (χ0v) is 78.7. The summed E-state index contributed by atoms with van der Waals surface area (Å²) in [4.78, 5) is 34.1. The Hall–Kier alpha value is -2.20. The van der Waals surface area contributed by atoms with Crippen LogP contribution in [0, 0.1) is 20.2 Å². The van der Waals surface area contributed by atoms with Crippen LogP contribution in [0.2, 0.25) is 0 Å². The molecule has 1 radical (unpaired) electrons. The van der Waals surface area contributed by atoms with Crippen molar-refractivity contribution in [1.29, 1.82) is 0 Å². The van der Waals surface area contributed by atoms with Crippen molar-refractivity contribution in [1.82, 2.24) is 0 Å². The Morgan fingerprint density at radius 2 is 0.632 bits per heavy atom. The monoisotopic (exact) mass is 1710 g/mol. The number of fused-ring (bicyclic) bond motifs is 2. The molecule has 6 N–H and O–H groups in total. The third-order valence-electron chi connectivity index (χ3n) is 12.1. The predicted molar refractivity (Wildman–Crippen MR) is 289 cm³/mol. The summed E-state index contributed by atoms with van der Waals surface area (Å²) in [6, 6.07) is 6.93. The van der Waals surface area contributed by atoms with Gasteiger partial charge in [0.1, 0.15) is 56.7 Å². The molecule has 509 valence electrons. The zero-order chi connectivity index (χ0) is 72.2. The number of nitrogens with two attached hydrogens (primary N) is 2. The van der Waals surface area contributed by atoms with Gasteiger partial charge in [-0.05, 0) is 70.4 Å². The van der Waals surface area contributed by atoms with Crippen LogP contribution in [0.5, 0.6) is 34.5 Å². The maximum Gasteiger partial charge on any atom is 3.00 e. The van der Waals surface area contributed by atoms with Gasteiger partial charge in [-0.15, -0.1) is 20.5 Å². The number of aromatic carboxylic acids is 2. The molecule has 0 aliphatic rings. The molecule has 0 spiro atoms. The fraction of sp³-hybridized carbons (Fsp3) is 0. The summed E-state index contributed by atoms with van der Waals surface area (Å²) in [5.74, 6) is -13.6.